The highest BCUT2D eigenvalue weighted by Gasteiger charge is 2.06. The second-order valence-corrected chi connectivity index (χ2v) is 3.89. The summed E-state index contributed by atoms with van der Waals surface area (Å²) >= 11 is 5.73. The van der Waals surface area contributed by atoms with Crippen LogP contribution in [0.1, 0.15) is 20.3 Å². The van der Waals surface area contributed by atoms with Crippen molar-refractivity contribution in [3.05, 3.63) is 33.8 Å². The Labute approximate surface area is 120 Å². The lowest BCUT2D eigenvalue weighted by Gasteiger charge is -2.03. The van der Waals surface area contributed by atoms with Gasteiger partial charge in [-0.15, -0.1) is 0 Å². The SMILES string of the molecule is CC.N#CCC(=O)Nc1cc2cc(Cl)[nH]c(=O)c2cn1. The van der Waals surface area contributed by atoms with Gasteiger partial charge in [-0.1, -0.05) is 25.4 Å². The fraction of sp³-hybridized carbons (Fsp3) is 0.231. The van der Waals surface area contributed by atoms with Crippen LogP contribution in [-0.4, -0.2) is 15.9 Å². The highest BCUT2D eigenvalue weighted by Crippen LogP contribution is 2.16. The van der Waals surface area contributed by atoms with Gasteiger partial charge < -0.3 is 10.3 Å². The first-order valence-electron chi connectivity index (χ1n) is 5.95. The average molecular weight is 293 g/mol. The van der Waals surface area contributed by atoms with Gasteiger partial charge in [0.2, 0.25) is 5.91 Å². The molecular weight excluding hydrogens is 280 g/mol. The number of fused-ring (bicyclic) bond motifs is 1. The van der Waals surface area contributed by atoms with E-state index in [1.165, 1.54) is 12.3 Å². The van der Waals surface area contributed by atoms with Crippen molar-refractivity contribution in [3.8, 4) is 6.07 Å². The van der Waals surface area contributed by atoms with E-state index in [1.807, 2.05) is 13.8 Å². The van der Waals surface area contributed by atoms with E-state index in [-0.39, 0.29) is 23.0 Å². The molecule has 1 amide bonds. The minimum atomic E-state index is -0.458. The average Bonchev–Trinajstić information content (AvgIpc) is 2.40. The number of carbonyl (C=O) groups excluding carboxylic acids is 1. The molecule has 2 rings (SSSR count). The van der Waals surface area contributed by atoms with E-state index in [2.05, 4.69) is 15.3 Å². The zero-order valence-electron chi connectivity index (χ0n) is 11.0. The number of H-pyrrole nitrogens is 1. The van der Waals surface area contributed by atoms with Gasteiger partial charge in [0.1, 0.15) is 17.4 Å². The maximum Gasteiger partial charge on any atom is 0.258 e. The number of carbonyl (C=O) groups is 1. The third kappa shape index (κ3) is 3.80. The van der Waals surface area contributed by atoms with Crippen LogP contribution < -0.4 is 10.9 Å². The van der Waals surface area contributed by atoms with Crippen LogP contribution in [0.2, 0.25) is 5.15 Å². The molecule has 0 aliphatic carbocycles. The Morgan fingerprint density at radius 1 is 1.50 bits per heavy atom. The topological polar surface area (TPSA) is 98.6 Å². The van der Waals surface area contributed by atoms with Crippen LogP contribution in [0.15, 0.2) is 23.1 Å². The van der Waals surface area contributed by atoms with Crippen molar-refractivity contribution in [3.63, 3.8) is 0 Å². The number of halogens is 1. The van der Waals surface area contributed by atoms with Gasteiger partial charge in [-0.2, -0.15) is 5.26 Å². The summed E-state index contributed by atoms with van der Waals surface area (Å²) in [6, 6.07) is 4.80. The number of aromatic nitrogens is 2. The summed E-state index contributed by atoms with van der Waals surface area (Å²) in [7, 11) is 0. The summed E-state index contributed by atoms with van der Waals surface area (Å²) in [4.78, 5) is 29.1. The molecule has 2 heterocycles. The molecule has 0 bridgehead atoms. The zero-order chi connectivity index (χ0) is 15.1. The molecule has 0 radical (unpaired) electrons. The van der Waals surface area contributed by atoms with Crippen molar-refractivity contribution in [2.75, 3.05) is 5.32 Å². The van der Waals surface area contributed by atoms with Crippen LogP contribution in [0.4, 0.5) is 5.82 Å². The Morgan fingerprint density at radius 3 is 2.85 bits per heavy atom. The molecular formula is C13H13ClN4O2. The number of aromatic amines is 1. The molecule has 0 aliphatic rings. The van der Waals surface area contributed by atoms with Crippen LogP contribution in [0.25, 0.3) is 10.8 Å². The lowest BCUT2D eigenvalue weighted by Crippen LogP contribution is -2.12. The molecule has 6 nitrogen and oxygen atoms in total. The summed E-state index contributed by atoms with van der Waals surface area (Å²) in [5.74, 6) is -0.190. The van der Waals surface area contributed by atoms with Crippen molar-refractivity contribution < 1.29 is 4.79 Å². The van der Waals surface area contributed by atoms with E-state index >= 15 is 0 Å². The van der Waals surface area contributed by atoms with E-state index in [4.69, 9.17) is 16.9 Å². The molecule has 2 aromatic rings. The largest absolute Gasteiger partial charge is 0.312 e. The molecule has 0 fully saturated rings. The number of nitrogens with zero attached hydrogens (tertiary/aromatic N) is 2. The lowest BCUT2D eigenvalue weighted by molar-refractivity contribution is -0.115. The Hall–Kier alpha value is -2.39. The summed E-state index contributed by atoms with van der Waals surface area (Å²) in [5.41, 5.74) is -0.347. The first kappa shape index (κ1) is 15.7. The van der Waals surface area contributed by atoms with Gasteiger partial charge in [-0.25, -0.2) is 4.98 Å². The van der Waals surface area contributed by atoms with Crippen LogP contribution >= 0.6 is 11.6 Å². The first-order valence-corrected chi connectivity index (χ1v) is 6.33. The predicted octanol–water partition coefficient (Wildman–Crippen LogP) is 2.45. The lowest BCUT2D eigenvalue weighted by atomic mass is 10.2. The minimum absolute atomic E-state index is 0.202. The zero-order valence-corrected chi connectivity index (χ0v) is 11.8. The summed E-state index contributed by atoms with van der Waals surface area (Å²) in [6.07, 6.45) is 1.09. The Bertz CT molecular complexity index is 718. The van der Waals surface area contributed by atoms with Crippen molar-refractivity contribution in [2.24, 2.45) is 0 Å². The molecule has 0 unspecified atom stereocenters. The normalized spacial score (nSPS) is 9.30. The van der Waals surface area contributed by atoms with E-state index in [9.17, 15) is 9.59 Å². The smallest absolute Gasteiger partial charge is 0.258 e. The number of nitriles is 1. The van der Waals surface area contributed by atoms with E-state index in [0.717, 1.165) is 0 Å². The number of pyridine rings is 2. The Kier molecular flexibility index (Phi) is 5.69. The second kappa shape index (κ2) is 7.26. The van der Waals surface area contributed by atoms with Gasteiger partial charge in [0.15, 0.2) is 0 Å². The van der Waals surface area contributed by atoms with Gasteiger partial charge >= 0.3 is 0 Å². The fourth-order valence-corrected chi connectivity index (χ4v) is 1.66. The van der Waals surface area contributed by atoms with Gasteiger partial charge in [0.25, 0.3) is 5.56 Å². The molecule has 0 aliphatic heterocycles. The number of hydrogen-bond acceptors (Lipinski definition) is 4. The molecule has 0 saturated carbocycles. The summed E-state index contributed by atoms with van der Waals surface area (Å²) in [6.45, 7) is 4.00. The number of amides is 1. The fourth-order valence-electron chi connectivity index (χ4n) is 1.46. The number of hydrogen-bond donors (Lipinski definition) is 2. The molecule has 0 aromatic carbocycles. The Balaban J connectivity index is 0.000000956. The highest BCUT2D eigenvalue weighted by atomic mass is 35.5. The van der Waals surface area contributed by atoms with Gasteiger partial charge in [0, 0.05) is 6.20 Å². The quantitative estimate of drug-likeness (QED) is 0.831. The van der Waals surface area contributed by atoms with Gasteiger partial charge in [0.05, 0.1) is 11.5 Å². The van der Waals surface area contributed by atoms with Crippen molar-refractivity contribution >= 4 is 34.1 Å². The number of anilines is 1. The maximum atomic E-state index is 11.5. The number of nitrogens with one attached hydrogen (secondary N) is 2. The Morgan fingerprint density at radius 2 is 2.20 bits per heavy atom. The van der Waals surface area contributed by atoms with Gasteiger partial charge in [-0.05, 0) is 17.5 Å². The molecule has 20 heavy (non-hydrogen) atoms. The standard InChI is InChI=1S/C11H7ClN4O2.C2H6/c12-8-3-6-4-9(16-10(17)1-2-13)14-5-7(6)11(18)15-8;1-2/h3-5H,1H2,(H,15,18)(H,14,16,17);1-2H3. The molecule has 2 aromatic heterocycles. The molecule has 2 N–H and O–H groups in total. The first-order chi connectivity index (χ1) is 9.60. The van der Waals surface area contributed by atoms with E-state index in [0.29, 0.717) is 10.8 Å². The van der Waals surface area contributed by atoms with Crippen LogP contribution in [0.5, 0.6) is 0 Å². The molecule has 0 atom stereocenters. The minimum Gasteiger partial charge on any atom is -0.312 e. The third-order valence-corrected chi connectivity index (χ3v) is 2.41. The summed E-state index contributed by atoms with van der Waals surface area (Å²) < 4.78 is 0. The monoisotopic (exact) mass is 292 g/mol. The van der Waals surface area contributed by atoms with Crippen molar-refractivity contribution in [2.45, 2.75) is 20.3 Å². The molecule has 104 valence electrons. The number of rotatable bonds is 2. The van der Waals surface area contributed by atoms with E-state index < -0.39 is 5.91 Å². The maximum absolute atomic E-state index is 11.5. The highest BCUT2D eigenvalue weighted by molar-refractivity contribution is 6.30. The second-order valence-electron chi connectivity index (χ2n) is 3.49. The van der Waals surface area contributed by atoms with Gasteiger partial charge in [-0.3, -0.25) is 9.59 Å². The summed E-state index contributed by atoms with van der Waals surface area (Å²) in [5, 5.41) is 11.9. The molecule has 7 heteroatoms. The molecule has 0 saturated heterocycles. The van der Waals surface area contributed by atoms with Crippen LogP contribution in [0, 0.1) is 11.3 Å². The van der Waals surface area contributed by atoms with Crippen LogP contribution in [-0.2, 0) is 4.79 Å². The predicted molar refractivity (Wildman–Crippen MR) is 77.6 cm³/mol. The van der Waals surface area contributed by atoms with Crippen LogP contribution in [0.3, 0.4) is 0 Å². The molecule has 0 spiro atoms. The third-order valence-electron chi connectivity index (χ3n) is 2.20. The van der Waals surface area contributed by atoms with Crippen molar-refractivity contribution in [1.82, 2.24) is 9.97 Å². The van der Waals surface area contributed by atoms with Crippen molar-refractivity contribution in [1.29, 1.82) is 5.26 Å². The van der Waals surface area contributed by atoms with E-state index in [1.54, 1.807) is 12.1 Å².